The van der Waals surface area contributed by atoms with Crippen LogP contribution in [-0.4, -0.2) is 23.5 Å². The molecule has 84 valence electrons. The lowest BCUT2D eigenvalue weighted by molar-refractivity contribution is 0.0757. The lowest BCUT2D eigenvalue weighted by atomic mass is 9.85. The maximum atomic E-state index is 5.31. The molecule has 0 unspecified atom stereocenters. The molecule has 0 saturated carbocycles. The van der Waals surface area contributed by atoms with E-state index in [1.165, 1.54) is 45.1 Å². The minimum absolute atomic E-state index is 0.849. The summed E-state index contributed by atoms with van der Waals surface area (Å²) in [6, 6.07) is 1.75. The third-order valence-electron chi connectivity index (χ3n) is 4.28. The summed E-state index contributed by atoms with van der Waals surface area (Å²) >= 11 is 0. The van der Waals surface area contributed by atoms with E-state index in [0.717, 1.165) is 24.4 Å². The van der Waals surface area contributed by atoms with Crippen LogP contribution in [0.15, 0.2) is 0 Å². The molecule has 0 aromatic heterocycles. The van der Waals surface area contributed by atoms with Crippen molar-refractivity contribution in [3.63, 3.8) is 0 Å². The molecule has 0 bridgehead atoms. The lowest BCUT2D eigenvalue weighted by Gasteiger charge is -2.41. The standard InChI is InChI=1S/C14H23N/c1-3-4-5-7-13-10-9-12(2)14-8-6-11-15(13)14/h1,12-14H,4-11H2,2H3/t12-,13-,14-/m0/s1. The third kappa shape index (κ3) is 2.37. The SMILES string of the molecule is C#CCCC[C@H]1CC[C@H](C)[C@@H]2CCCN12. The second-order valence-electron chi connectivity index (χ2n) is 5.25. The van der Waals surface area contributed by atoms with Crippen LogP contribution in [0.1, 0.15) is 51.9 Å². The third-order valence-corrected chi connectivity index (χ3v) is 4.28. The Kier molecular flexibility index (Phi) is 3.70. The largest absolute Gasteiger partial charge is 0.297 e. The van der Waals surface area contributed by atoms with Gasteiger partial charge in [-0.1, -0.05) is 6.92 Å². The van der Waals surface area contributed by atoms with Gasteiger partial charge in [0.05, 0.1) is 0 Å². The molecule has 2 heterocycles. The average molecular weight is 205 g/mol. The molecule has 15 heavy (non-hydrogen) atoms. The predicted molar refractivity (Wildman–Crippen MR) is 64.6 cm³/mol. The Morgan fingerprint density at radius 3 is 3.00 bits per heavy atom. The van der Waals surface area contributed by atoms with Gasteiger partial charge in [-0.3, -0.25) is 4.90 Å². The van der Waals surface area contributed by atoms with Crippen LogP contribution in [0.2, 0.25) is 0 Å². The molecule has 2 aliphatic rings. The van der Waals surface area contributed by atoms with E-state index in [2.05, 4.69) is 17.7 Å². The van der Waals surface area contributed by atoms with Crippen LogP contribution in [0.25, 0.3) is 0 Å². The molecular formula is C14H23N. The molecule has 0 spiro atoms. The number of piperidine rings is 1. The maximum absolute atomic E-state index is 5.31. The fraction of sp³-hybridized carbons (Fsp3) is 0.857. The van der Waals surface area contributed by atoms with Crippen molar-refractivity contribution in [2.75, 3.05) is 6.54 Å². The number of nitrogens with zero attached hydrogens (tertiary/aromatic N) is 1. The second kappa shape index (κ2) is 5.03. The van der Waals surface area contributed by atoms with Gasteiger partial charge in [-0.05, 0) is 51.0 Å². The quantitative estimate of drug-likeness (QED) is 0.505. The van der Waals surface area contributed by atoms with Crippen LogP contribution < -0.4 is 0 Å². The van der Waals surface area contributed by atoms with Crippen molar-refractivity contribution in [2.45, 2.75) is 64.0 Å². The van der Waals surface area contributed by atoms with Crippen LogP contribution in [0.4, 0.5) is 0 Å². The molecule has 3 atom stereocenters. The van der Waals surface area contributed by atoms with E-state index in [0.29, 0.717) is 0 Å². The summed E-state index contributed by atoms with van der Waals surface area (Å²) < 4.78 is 0. The van der Waals surface area contributed by atoms with Crippen molar-refractivity contribution in [3.05, 3.63) is 0 Å². The van der Waals surface area contributed by atoms with Gasteiger partial charge in [-0.2, -0.15) is 0 Å². The first-order valence-electron chi connectivity index (χ1n) is 6.52. The van der Waals surface area contributed by atoms with Crippen molar-refractivity contribution in [3.8, 4) is 12.3 Å². The summed E-state index contributed by atoms with van der Waals surface area (Å²) in [5.41, 5.74) is 0. The first kappa shape index (κ1) is 11.0. The van der Waals surface area contributed by atoms with Crippen LogP contribution in [0.3, 0.4) is 0 Å². The smallest absolute Gasteiger partial charge is 0.0124 e. The van der Waals surface area contributed by atoms with E-state index in [9.17, 15) is 0 Å². The monoisotopic (exact) mass is 205 g/mol. The van der Waals surface area contributed by atoms with Gasteiger partial charge in [0.15, 0.2) is 0 Å². The molecule has 0 radical (unpaired) electrons. The highest BCUT2D eigenvalue weighted by molar-refractivity contribution is 4.93. The molecule has 1 heteroatoms. The van der Waals surface area contributed by atoms with Crippen LogP contribution in [0, 0.1) is 18.3 Å². The summed E-state index contributed by atoms with van der Waals surface area (Å²) in [5.74, 6) is 3.68. The molecule has 0 aromatic rings. The number of terminal acetylenes is 1. The molecule has 2 rings (SSSR count). The summed E-state index contributed by atoms with van der Waals surface area (Å²) in [7, 11) is 0. The number of unbranched alkanes of at least 4 members (excludes halogenated alkanes) is 1. The van der Waals surface area contributed by atoms with Gasteiger partial charge in [0.2, 0.25) is 0 Å². The highest BCUT2D eigenvalue weighted by Crippen LogP contribution is 2.36. The number of hydrogen-bond acceptors (Lipinski definition) is 1. The van der Waals surface area contributed by atoms with Gasteiger partial charge >= 0.3 is 0 Å². The van der Waals surface area contributed by atoms with Gasteiger partial charge in [0.1, 0.15) is 0 Å². The van der Waals surface area contributed by atoms with E-state index in [1.54, 1.807) is 0 Å². The number of fused-ring (bicyclic) bond motifs is 1. The van der Waals surface area contributed by atoms with Crippen LogP contribution in [-0.2, 0) is 0 Å². The zero-order valence-corrected chi connectivity index (χ0v) is 9.91. The van der Waals surface area contributed by atoms with Gasteiger partial charge < -0.3 is 0 Å². The highest BCUT2D eigenvalue weighted by atomic mass is 15.2. The highest BCUT2D eigenvalue weighted by Gasteiger charge is 2.37. The van der Waals surface area contributed by atoms with Gasteiger partial charge in [0.25, 0.3) is 0 Å². The summed E-state index contributed by atoms with van der Waals surface area (Å²) in [5, 5.41) is 0. The minimum Gasteiger partial charge on any atom is -0.297 e. The van der Waals surface area contributed by atoms with E-state index in [1.807, 2.05) is 0 Å². The average Bonchev–Trinajstić information content (AvgIpc) is 2.71. The number of hydrogen-bond donors (Lipinski definition) is 0. The summed E-state index contributed by atoms with van der Waals surface area (Å²) in [4.78, 5) is 2.78. The fourth-order valence-electron chi connectivity index (χ4n) is 3.44. The van der Waals surface area contributed by atoms with Crippen LogP contribution in [0.5, 0.6) is 0 Å². The molecule has 0 aliphatic carbocycles. The van der Waals surface area contributed by atoms with E-state index in [4.69, 9.17) is 6.42 Å². The molecule has 0 aromatic carbocycles. The van der Waals surface area contributed by atoms with Crippen molar-refractivity contribution in [1.82, 2.24) is 4.90 Å². The predicted octanol–water partition coefficient (Wildman–Crippen LogP) is 3.05. The van der Waals surface area contributed by atoms with Gasteiger partial charge in [-0.15, -0.1) is 12.3 Å². The Balaban J connectivity index is 1.87. The van der Waals surface area contributed by atoms with Crippen molar-refractivity contribution >= 4 is 0 Å². The Labute approximate surface area is 94.2 Å². The van der Waals surface area contributed by atoms with Gasteiger partial charge in [0, 0.05) is 18.5 Å². The van der Waals surface area contributed by atoms with E-state index < -0.39 is 0 Å². The van der Waals surface area contributed by atoms with Crippen LogP contribution >= 0.6 is 0 Å². The Hall–Kier alpha value is -0.480. The van der Waals surface area contributed by atoms with E-state index >= 15 is 0 Å². The molecule has 0 amide bonds. The topological polar surface area (TPSA) is 3.24 Å². The summed E-state index contributed by atoms with van der Waals surface area (Å²) in [6.45, 7) is 3.77. The molecule has 2 saturated heterocycles. The maximum Gasteiger partial charge on any atom is 0.0124 e. The first-order valence-corrected chi connectivity index (χ1v) is 6.52. The Bertz CT molecular complexity index is 240. The summed E-state index contributed by atoms with van der Waals surface area (Å²) in [6.07, 6.45) is 14.5. The molecule has 2 fully saturated rings. The fourth-order valence-corrected chi connectivity index (χ4v) is 3.44. The zero-order valence-electron chi connectivity index (χ0n) is 9.91. The first-order chi connectivity index (χ1) is 7.33. The normalized spacial score (nSPS) is 36.1. The lowest BCUT2D eigenvalue weighted by Crippen LogP contribution is -2.46. The van der Waals surface area contributed by atoms with Crippen molar-refractivity contribution in [1.29, 1.82) is 0 Å². The molecule has 1 nitrogen and oxygen atoms in total. The van der Waals surface area contributed by atoms with Gasteiger partial charge in [-0.25, -0.2) is 0 Å². The minimum atomic E-state index is 0.849. The second-order valence-corrected chi connectivity index (χ2v) is 5.25. The zero-order chi connectivity index (χ0) is 10.7. The molecule has 2 aliphatic heterocycles. The number of rotatable bonds is 3. The Morgan fingerprint density at radius 1 is 1.33 bits per heavy atom. The Morgan fingerprint density at radius 2 is 2.20 bits per heavy atom. The van der Waals surface area contributed by atoms with Crippen molar-refractivity contribution < 1.29 is 0 Å². The van der Waals surface area contributed by atoms with E-state index in [-0.39, 0.29) is 0 Å². The molecular weight excluding hydrogens is 182 g/mol. The van der Waals surface area contributed by atoms with Crippen molar-refractivity contribution in [2.24, 2.45) is 5.92 Å². The molecule has 0 N–H and O–H groups in total.